The van der Waals surface area contributed by atoms with Crippen molar-refractivity contribution in [1.29, 1.82) is 0 Å². The highest BCUT2D eigenvalue weighted by Crippen LogP contribution is 2.32. The molecule has 4 rings (SSSR count). The van der Waals surface area contributed by atoms with Crippen LogP contribution in [-0.4, -0.2) is 47.8 Å². The standard InChI is InChI=1S/C26H32N2O2/c29-25(23-11-5-2-6-12-23)28-19-15-22(16-20-28)24-13-7-8-17-27(26(24)30)18-14-21-9-3-1-4-10-21/h1-6,9-12,22,24H,7-8,13-20H2. The lowest BCUT2D eigenvalue weighted by atomic mass is 9.81. The maximum absolute atomic E-state index is 13.3. The van der Waals surface area contributed by atoms with E-state index in [-0.39, 0.29) is 11.8 Å². The van der Waals surface area contributed by atoms with Crippen molar-refractivity contribution in [2.75, 3.05) is 26.2 Å². The number of amides is 2. The van der Waals surface area contributed by atoms with Crippen molar-refractivity contribution in [3.63, 3.8) is 0 Å². The van der Waals surface area contributed by atoms with Crippen molar-refractivity contribution in [2.45, 2.75) is 38.5 Å². The summed E-state index contributed by atoms with van der Waals surface area (Å²) in [6.07, 6.45) is 6.01. The first-order valence-corrected chi connectivity index (χ1v) is 11.4. The third kappa shape index (κ3) is 4.92. The summed E-state index contributed by atoms with van der Waals surface area (Å²) in [6.45, 7) is 3.20. The molecule has 0 aromatic heterocycles. The number of hydrogen-bond donors (Lipinski definition) is 0. The summed E-state index contributed by atoms with van der Waals surface area (Å²) in [7, 11) is 0. The van der Waals surface area contributed by atoms with Gasteiger partial charge in [0.15, 0.2) is 0 Å². The van der Waals surface area contributed by atoms with Gasteiger partial charge in [-0.15, -0.1) is 0 Å². The number of hydrogen-bond acceptors (Lipinski definition) is 2. The van der Waals surface area contributed by atoms with E-state index < -0.39 is 0 Å². The summed E-state index contributed by atoms with van der Waals surface area (Å²) >= 11 is 0. The monoisotopic (exact) mass is 404 g/mol. The van der Waals surface area contributed by atoms with E-state index in [1.54, 1.807) is 0 Å². The summed E-state index contributed by atoms with van der Waals surface area (Å²) in [4.78, 5) is 30.1. The molecule has 0 spiro atoms. The average molecular weight is 405 g/mol. The van der Waals surface area contributed by atoms with Crippen LogP contribution in [0.4, 0.5) is 0 Å². The molecule has 0 N–H and O–H groups in total. The van der Waals surface area contributed by atoms with Crippen LogP contribution in [-0.2, 0) is 11.2 Å². The van der Waals surface area contributed by atoms with E-state index in [9.17, 15) is 9.59 Å². The molecule has 158 valence electrons. The second-order valence-electron chi connectivity index (χ2n) is 8.66. The van der Waals surface area contributed by atoms with Crippen molar-refractivity contribution in [2.24, 2.45) is 11.8 Å². The van der Waals surface area contributed by atoms with Crippen LogP contribution in [0.3, 0.4) is 0 Å². The third-order valence-electron chi connectivity index (χ3n) is 6.75. The molecule has 2 amide bonds. The molecule has 2 aromatic rings. The summed E-state index contributed by atoms with van der Waals surface area (Å²) in [5, 5.41) is 0. The Morgan fingerprint density at radius 1 is 0.833 bits per heavy atom. The largest absolute Gasteiger partial charge is 0.342 e. The Labute approximate surface area is 179 Å². The molecule has 2 fully saturated rings. The van der Waals surface area contributed by atoms with E-state index in [4.69, 9.17) is 0 Å². The predicted octanol–water partition coefficient (Wildman–Crippen LogP) is 4.41. The fraction of sp³-hybridized carbons (Fsp3) is 0.462. The maximum atomic E-state index is 13.3. The lowest BCUT2D eigenvalue weighted by Crippen LogP contribution is -2.44. The van der Waals surface area contributed by atoms with E-state index in [0.717, 1.165) is 70.3 Å². The van der Waals surface area contributed by atoms with Gasteiger partial charge in [-0.2, -0.15) is 0 Å². The van der Waals surface area contributed by atoms with E-state index in [1.807, 2.05) is 41.3 Å². The minimum absolute atomic E-state index is 0.116. The first kappa shape index (κ1) is 20.6. The number of likely N-dealkylation sites (tertiary alicyclic amines) is 2. The molecule has 4 heteroatoms. The van der Waals surface area contributed by atoms with Gasteiger partial charge in [0.1, 0.15) is 0 Å². The van der Waals surface area contributed by atoms with Gasteiger partial charge in [-0.3, -0.25) is 9.59 Å². The van der Waals surface area contributed by atoms with Crippen LogP contribution in [0.25, 0.3) is 0 Å². The van der Waals surface area contributed by atoms with Crippen LogP contribution < -0.4 is 0 Å². The maximum Gasteiger partial charge on any atom is 0.253 e. The molecular weight excluding hydrogens is 372 g/mol. The van der Waals surface area contributed by atoms with Gasteiger partial charge in [0.2, 0.25) is 5.91 Å². The Hall–Kier alpha value is -2.62. The molecular formula is C26H32N2O2. The zero-order chi connectivity index (χ0) is 20.8. The number of carbonyl (C=O) groups excluding carboxylic acids is 2. The molecule has 4 nitrogen and oxygen atoms in total. The molecule has 2 aliphatic heterocycles. The van der Waals surface area contributed by atoms with Crippen LogP contribution in [0.1, 0.15) is 48.0 Å². The molecule has 2 heterocycles. The van der Waals surface area contributed by atoms with E-state index >= 15 is 0 Å². The minimum atomic E-state index is 0.116. The molecule has 0 saturated carbocycles. The van der Waals surface area contributed by atoms with Crippen molar-refractivity contribution in [3.05, 3.63) is 71.8 Å². The second kappa shape index (κ2) is 9.92. The Balaban J connectivity index is 1.34. The van der Waals surface area contributed by atoms with Crippen LogP contribution >= 0.6 is 0 Å². The highest BCUT2D eigenvalue weighted by atomic mass is 16.2. The lowest BCUT2D eigenvalue weighted by molar-refractivity contribution is -0.137. The normalized spacial score (nSPS) is 20.8. The van der Waals surface area contributed by atoms with Crippen molar-refractivity contribution < 1.29 is 9.59 Å². The number of carbonyl (C=O) groups is 2. The van der Waals surface area contributed by atoms with Gasteiger partial charge in [-0.05, 0) is 55.7 Å². The topological polar surface area (TPSA) is 40.6 Å². The van der Waals surface area contributed by atoms with Crippen molar-refractivity contribution in [3.8, 4) is 0 Å². The number of nitrogens with zero attached hydrogens (tertiary/aromatic N) is 2. The number of benzene rings is 2. The number of rotatable bonds is 5. The molecule has 0 radical (unpaired) electrons. The van der Waals surface area contributed by atoms with Gasteiger partial charge in [-0.1, -0.05) is 55.0 Å². The average Bonchev–Trinajstić information content (AvgIpc) is 3.00. The van der Waals surface area contributed by atoms with Crippen LogP contribution in [0, 0.1) is 11.8 Å². The molecule has 1 unspecified atom stereocenters. The van der Waals surface area contributed by atoms with E-state index in [1.165, 1.54) is 5.56 Å². The fourth-order valence-corrected chi connectivity index (χ4v) is 4.97. The highest BCUT2D eigenvalue weighted by molar-refractivity contribution is 5.94. The SMILES string of the molecule is O=C(c1ccccc1)N1CCC(C2CCCCN(CCc3ccccc3)C2=O)CC1. The van der Waals surface area contributed by atoms with Gasteiger partial charge < -0.3 is 9.80 Å². The molecule has 30 heavy (non-hydrogen) atoms. The third-order valence-corrected chi connectivity index (χ3v) is 6.75. The van der Waals surface area contributed by atoms with Crippen LogP contribution in [0.2, 0.25) is 0 Å². The molecule has 1 atom stereocenters. The molecule has 2 aromatic carbocycles. The zero-order valence-electron chi connectivity index (χ0n) is 17.7. The van der Waals surface area contributed by atoms with Gasteiger partial charge in [0, 0.05) is 37.7 Å². The van der Waals surface area contributed by atoms with Crippen molar-refractivity contribution in [1.82, 2.24) is 9.80 Å². The second-order valence-corrected chi connectivity index (χ2v) is 8.66. The minimum Gasteiger partial charge on any atom is -0.342 e. The lowest BCUT2D eigenvalue weighted by Gasteiger charge is -2.36. The smallest absolute Gasteiger partial charge is 0.253 e. The van der Waals surface area contributed by atoms with Crippen molar-refractivity contribution >= 4 is 11.8 Å². The summed E-state index contributed by atoms with van der Waals surface area (Å²) in [5.74, 6) is 0.980. The van der Waals surface area contributed by atoms with Gasteiger partial charge in [0.25, 0.3) is 5.91 Å². The summed E-state index contributed by atoms with van der Waals surface area (Å²) in [6, 6.07) is 20.0. The fourth-order valence-electron chi connectivity index (χ4n) is 4.97. The molecule has 0 aliphatic carbocycles. The predicted molar refractivity (Wildman–Crippen MR) is 119 cm³/mol. The molecule has 0 bridgehead atoms. The molecule has 2 saturated heterocycles. The summed E-state index contributed by atoms with van der Waals surface area (Å²) in [5.41, 5.74) is 2.05. The zero-order valence-corrected chi connectivity index (χ0v) is 17.7. The quantitative estimate of drug-likeness (QED) is 0.741. The van der Waals surface area contributed by atoms with E-state index in [2.05, 4.69) is 29.2 Å². The Morgan fingerprint density at radius 3 is 2.20 bits per heavy atom. The van der Waals surface area contributed by atoms with E-state index in [0.29, 0.717) is 11.8 Å². The Morgan fingerprint density at radius 2 is 1.50 bits per heavy atom. The first-order valence-electron chi connectivity index (χ1n) is 11.4. The van der Waals surface area contributed by atoms with Gasteiger partial charge in [0.05, 0.1) is 0 Å². The van der Waals surface area contributed by atoms with Crippen LogP contribution in [0.15, 0.2) is 60.7 Å². The Kier molecular flexibility index (Phi) is 6.83. The summed E-state index contributed by atoms with van der Waals surface area (Å²) < 4.78 is 0. The highest BCUT2D eigenvalue weighted by Gasteiger charge is 2.35. The van der Waals surface area contributed by atoms with Gasteiger partial charge in [-0.25, -0.2) is 0 Å². The van der Waals surface area contributed by atoms with Gasteiger partial charge >= 0.3 is 0 Å². The number of piperidine rings is 1. The molecule has 2 aliphatic rings. The first-order chi connectivity index (χ1) is 14.7. The van der Waals surface area contributed by atoms with Crippen LogP contribution in [0.5, 0.6) is 0 Å². The Bertz CT molecular complexity index is 829.